The van der Waals surface area contributed by atoms with Crippen LogP contribution in [0.5, 0.6) is 0 Å². The second-order valence-corrected chi connectivity index (χ2v) is 8.93. The molecule has 2 N–H and O–H groups in total. The minimum Gasteiger partial charge on any atom is -0.478 e. The number of carboxylic acid groups (broad SMARTS) is 1. The summed E-state index contributed by atoms with van der Waals surface area (Å²) in [5.74, 6) is -0.0383. The molecule has 4 aromatic rings. The van der Waals surface area contributed by atoms with Crippen LogP contribution < -0.4 is 10.2 Å². The molecule has 184 valence electrons. The quantitative estimate of drug-likeness (QED) is 0.441. The van der Waals surface area contributed by atoms with E-state index in [0.29, 0.717) is 11.1 Å². The van der Waals surface area contributed by atoms with Crippen molar-refractivity contribution in [2.24, 2.45) is 7.05 Å². The maximum Gasteiger partial charge on any atom is 0.335 e. The van der Waals surface area contributed by atoms with E-state index in [1.807, 2.05) is 35.9 Å². The molecule has 0 aliphatic carbocycles. The van der Waals surface area contributed by atoms with E-state index < -0.39 is 5.97 Å². The second-order valence-electron chi connectivity index (χ2n) is 8.93. The number of carboxylic acids is 1. The van der Waals surface area contributed by atoms with Gasteiger partial charge >= 0.3 is 5.97 Å². The molecule has 3 aromatic carbocycles. The number of hydrogen-bond donors (Lipinski definition) is 2. The lowest BCUT2D eigenvalue weighted by atomic mass is 10.1. The molecule has 7 heteroatoms. The van der Waals surface area contributed by atoms with Crippen molar-refractivity contribution in [3.05, 3.63) is 94.8 Å². The fraction of sp³-hybridized carbons (Fsp3) is 0.276. The summed E-state index contributed by atoms with van der Waals surface area (Å²) in [7, 11) is 1.93. The number of aromatic nitrogens is 2. The molecular formula is C29H31N5O2. The fourth-order valence-electron chi connectivity index (χ4n) is 4.43. The average Bonchev–Trinajstić information content (AvgIpc) is 3.23. The van der Waals surface area contributed by atoms with Gasteiger partial charge in [-0.05, 0) is 60.9 Å². The Morgan fingerprint density at radius 1 is 1.06 bits per heavy atom. The summed E-state index contributed by atoms with van der Waals surface area (Å²) in [5.41, 5.74) is 6.43. The molecule has 1 fully saturated rings. The Morgan fingerprint density at radius 2 is 1.78 bits per heavy atom. The van der Waals surface area contributed by atoms with Gasteiger partial charge in [-0.25, -0.2) is 9.78 Å². The van der Waals surface area contributed by atoms with Gasteiger partial charge in [-0.3, -0.25) is 0 Å². The summed E-state index contributed by atoms with van der Waals surface area (Å²) in [4.78, 5) is 18.0. The van der Waals surface area contributed by atoms with Crippen LogP contribution in [0.3, 0.4) is 0 Å². The predicted molar refractivity (Wildman–Crippen MR) is 142 cm³/mol. The lowest BCUT2D eigenvalue weighted by molar-refractivity contribution is 0.0697. The fourth-order valence-corrected chi connectivity index (χ4v) is 4.43. The van der Waals surface area contributed by atoms with Gasteiger partial charge in [0.15, 0.2) is 0 Å². The van der Waals surface area contributed by atoms with E-state index in [1.54, 1.807) is 18.2 Å². The van der Waals surface area contributed by atoms with Gasteiger partial charge in [-0.15, -0.1) is 0 Å². The number of para-hydroxylation sites is 1. The minimum atomic E-state index is -0.948. The molecule has 0 unspecified atom stereocenters. The van der Waals surface area contributed by atoms with Gasteiger partial charge in [-0.1, -0.05) is 30.3 Å². The molecule has 0 radical (unpaired) electrons. The van der Waals surface area contributed by atoms with Crippen molar-refractivity contribution in [2.45, 2.75) is 19.8 Å². The van der Waals surface area contributed by atoms with Crippen molar-refractivity contribution in [2.75, 3.05) is 31.1 Å². The lowest BCUT2D eigenvalue weighted by Gasteiger charge is -2.30. The topological polar surface area (TPSA) is 94.2 Å². The van der Waals surface area contributed by atoms with E-state index in [1.165, 1.54) is 11.3 Å². The van der Waals surface area contributed by atoms with Gasteiger partial charge in [0.05, 0.1) is 28.2 Å². The van der Waals surface area contributed by atoms with Crippen LogP contribution in [0.2, 0.25) is 0 Å². The van der Waals surface area contributed by atoms with Crippen LogP contribution >= 0.6 is 0 Å². The molecule has 1 aromatic heterocycles. The van der Waals surface area contributed by atoms with Crippen LogP contribution in [0.4, 0.5) is 5.69 Å². The number of hydrogen-bond acceptors (Lipinski definition) is 5. The van der Waals surface area contributed by atoms with Gasteiger partial charge in [-0.2, -0.15) is 5.26 Å². The number of nitrogens with zero attached hydrogens (tertiary/aromatic N) is 4. The highest BCUT2D eigenvalue weighted by Crippen LogP contribution is 2.20. The van der Waals surface area contributed by atoms with Crippen LogP contribution in [-0.4, -0.2) is 46.8 Å². The molecule has 0 bridgehead atoms. The zero-order valence-corrected chi connectivity index (χ0v) is 20.7. The third-order valence-corrected chi connectivity index (χ3v) is 6.51. The highest BCUT2D eigenvalue weighted by atomic mass is 16.4. The number of aromatic carboxylic acids is 1. The van der Waals surface area contributed by atoms with Crippen molar-refractivity contribution in [1.29, 1.82) is 5.26 Å². The van der Waals surface area contributed by atoms with Crippen molar-refractivity contribution in [3.63, 3.8) is 0 Å². The van der Waals surface area contributed by atoms with Crippen molar-refractivity contribution in [1.82, 2.24) is 14.9 Å². The Bertz CT molecular complexity index is 1380. The first kappa shape index (κ1) is 25.0. The van der Waals surface area contributed by atoms with Gasteiger partial charge in [0, 0.05) is 45.3 Å². The van der Waals surface area contributed by atoms with Crippen molar-refractivity contribution < 1.29 is 9.90 Å². The maximum absolute atomic E-state index is 11.0. The number of anilines is 1. The number of rotatable bonds is 5. The number of carbonyl (C=O) groups is 1. The number of benzene rings is 3. The summed E-state index contributed by atoms with van der Waals surface area (Å²) in [6, 6.07) is 23.2. The standard InChI is InChI=1S/C18H15N3O2.C11H16N2/c1-21-16-8-7-14(18(22)23)10-15(16)20-17(21)9-6-12-2-4-13(11-19)5-3-12;1-10-4-2-3-5-11(10)13-8-6-12-7-9-13/h2-5,7-8,10H,6,9H2,1H3,(H,22,23);2-5,12H,6-9H2,1H3. The van der Waals surface area contributed by atoms with E-state index in [-0.39, 0.29) is 5.56 Å². The largest absolute Gasteiger partial charge is 0.478 e. The van der Waals surface area contributed by atoms with Gasteiger partial charge < -0.3 is 19.9 Å². The number of nitriles is 1. The van der Waals surface area contributed by atoms with Crippen LogP contribution in [0, 0.1) is 18.3 Å². The molecule has 36 heavy (non-hydrogen) atoms. The summed E-state index contributed by atoms with van der Waals surface area (Å²) in [6.45, 7) is 6.65. The van der Waals surface area contributed by atoms with Crippen molar-refractivity contribution >= 4 is 22.7 Å². The van der Waals surface area contributed by atoms with E-state index in [2.05, 4.69) is 52.5 Å². The lowest BCUT2D eigenvalue weighted by Crippen LogP contribution is -2.43. The number of imidazole rings is 1. The van der Waals surface area contributed by atoms with Crippen LogP contribution in [-0.2, 0) is 19.9 Å². The molecule has 0 spiro atoms. The third-order valence-electron chi connectivity index (χ3n) is 6.51. The van der Waals surface area contributed by atoms with Crippen LogP contribution in [0.15, 0.2) is 66.7 Å². The number of fused-ring (bicyclic) bond motifs is 1. The molecule has 0 atom stereocenters. The molecule has 2 heterocycles. The average molecular weight is 482 g/mol. The maximum atomic E-state index is 11.0. The van der Waals surface area contributed by atoms with Crippen molar-refractivity contribution in [3.8, 4) is 6.07 Å². The molecule has 0 saturated carbocycles. The van der Waals surface area contributed by atoms with E-state index in [4.69, 9.17) is 10.4 Å². The Balaban J connectivity index is 0.000000197. The molecule has 1 aliphatic rings. The smallest absolute Gasteiger partial charge is 0.335 e. The molecule has 7 nitrogen and oxygen atoms in total. The van der Waals surface area contributed by atoms with Crippen LogP contribution in [0.1, 0.15) is 32.9 Å². The highest BCUT2D eigenvalue weighted by molar-refractivity contribution is 5.92. The number of aryl methyl sites for hydroxylation is 4. The van der Waals surface area contributed by atoms with Crippen LogP contribution in [0.25, 0.3) is 11.0 Å². The molecular weight excluding hydrogens is 450 g/mol. The number of piperazine rings is 1. The Morgan fingerprint density at radius 3 is 2.44 bits per heavy atom. The van der Waals surface area contributed by atoms with E-state index >= 15 is 0 Å². The second kappa shape index (κ2) is 11.5. The monoisotopic (exact) mass is 481 g/mol. The summed E-state index contributed by atoms with van der Waals surface area (Å²) >= 11 is 0. The molecule has 1 saturated heterocycles. The minimum absolute atomic E-state index is 0.245. The molecule has 5 rings (SSSR count). The Labute approximate surface area is 211 Å². The Kier molecular flexibility index (Phi) is 7.99. The van der Waals surface area contributed by atoms with E-state index in [9.17, 15) is 4.79 Å². The van der Waals surface area contributed by atoms with Gasteiger partial charge in [0.2, 0.25) is 0 Å². The van der Waals surface area contributed by atoms with E-state index in [0.717, 1.165) is 55.9 Å². The van der Waals surface area contributed by atoms with Gasteiger partial charge in [0.1, 0.15) is 5.82 Å². The van der Waals surface area contributed by atoms with Gasteiger partial charge in [0.25, 0.3) is 0 Å². The zero-order chi connectivity index (χ0) is 25.5. The summed E-state index contributed by atoms with van der Waals surface area (Å²) in [5, 5.41) is 21.2. The third kappa shape index (κ3) is 5.91. The SMILES string of the molecule is Cc1ccccc1N1CCNCC1.Cn1c(CCc2ccc(C#N)cc2)nc2cc(C(=O)O)ccc21. The first-order valence-corrected chi connectivity index (χ1v) is 12.2. The first-order valence-electron chi connectivity index (χ1n) is 12.2. The Hall–Kier alpha value is -4.15. The first-order chi connectivity index (χ1) is 17.5. The molecule has 0 amide bonds. The highest BCUT2D eigenvalue weighted by Gasteiger charge is 2.12. The summed E-state index contributed by atoms with van der Waals surface area (Å²) < 4.78 is 1.99. The predicted octanol–water partition coefficient (Wildman–Crippen LogP) is 4.33. The zero-order valence-electron chi connectivity index (χ0n) is 20.7. The molecule has 1 aliphatic heterocycles. The normalized spacial score (nSPS) is 13.1. The summed E-state index contributed by atoms with van der Waals surface area (Å²) in [6.07, 6.45) is 1.56. The number of nitrogens with one attached hydrogen (secondary N) is 1.